The number of fused-ring (bicyclic) bond motifs is 1. The first-order valence-corrected chi connectivity index (χ1v) is 6.28. The summed E-state index contributed by atoms with van der Waals surface area (Å²) in [6.45, 7) is 5.06. The van der Waals surface area contributed by atoms with Crippen LogP contribution in [0, 0.1) is 5.92 Å². The molecular formula is C14H19NO3. The molecule has 0 spiro atoms. The molecule has 0 bridgehead atoms. The lowest BCUT2D eigenvalue weighted by atomic mass is 10.1. The molecule has 98 valence electrons. The summed E-state index contributed by atoms with van der Waals surface area (Å²) in [4.78, 5) is 13.7. The van der Waals surface area contributed by atoms with Crippen LogP contribution < -0.4 is 9.64 Å². The van der Waals surface area contributed by atoms with Crippen molar-refractivity contribution < 1.29 is 14.6 Å². The summed E-state index contributed by atoms with van der Waals surface area (Å²) in [5.41, 5.74) is 1.61. The van der Waals surface area contributed by atoms with Gasteiger partial charge in [-0.05, 0) is 30.0 Å². The van der Waals surface area contributed by atoms with E-state index in [-0.39, 0.29) is 19.1 Å². The number of carbonyl (C=O) groups excluding carboxylic acids is 1. The summed E-state index contributed by atoms with van der Waals surface area (Å²) in [6, 6.07) is 5.46. The molecule has 1 amide bonds. The summed E-state index contributed by atoms with van der Waals surface area (Å²) in [7, 11) is 0. The molecule has 1 heterocycles. The molecule has 1 aliphatic rings. The van der Waals surface area contributed by atoms with E-state index in [1.807, 2.05) is 12.1 Å². The standard InChI is InChI=1S/C14H19NO3/c1-10(2)5-6-15-12-4-3-11(8-16)7-13(12)18-9-14(15)17/h3-4,7,10,16H,5-6,8-9H2,1-2H3. The molecule has 2 rings (SSSR count). The zero-order valence-corrected chi connectivity index (χ0v) is 10.8. The third kappa shape index (κ3) is 2.64. The van der Waals surface area contributed by atoms with Gasteiger partial charge in [-0.25, -0.2) is 0 Å². The van der Waals surface area contributed by atoms with E-state index in [1.54, 1.807) is 11.0 Å². The average Bonchev–Trinajstić information content (AvgIpc) is 2.36. The van der Waals surface area contributed by atoms with E-state index in [1.165, 1.54) is 0 Å². The number of aliphatic hydroxyl groups is 1. The van der Waals surface area contributed by atoms with E-state index in [2.05, 4.69) is 13.8 Å². The third-order valence-electron chi connectivity index (χ3n) is 3.08. The Hall–Kier alpha value is -1.55. The number of rotatable bonds is 4. The van der Waals surface area contributed by atoms with Gasteiger partial charge in [-0.3, -0.25) is 4.79 Å². The molecule has 4 heteroatoms. The molecule has 1 aromatic carbocycles. The van der Waals surface area contributed by atoms with Gasteiger partial charge in [0.15, 0.2) is 6.61 Å². The monoisotopic (exact) mass is 249 g/mol. The Morgan fingerprint density at radius 2 is 2.22 bits per heavy atom. The highest BCUT2D eigenvalue weighted by Gasteiger charge is 2.25. The Bertz CT molecular complexity index is 443. The van der Waals surface area contributed by atoms with Gasteiger partial charge in [0.2, 0.25) is 0 Å². The van der Waals surface area contributed by atoms with Crippen molar-refractivity contribution >= 4 is 11.6 Å². The van der Waals surface area contributed by atoms with Crippen molar-refractivity contribution in [3.63, 3.8) is 0 Å². The minimum Gasteiger partial charge on any atom is -0.482 e. The molecule has 18 heavy (non-hydrogen) atoms. The molecule has 0 radical (unpaired) electrons. The Labute approximate surface area is 107 Å². The van der Waals surface area contributed by atoms with Crippen molar-refractivity contribution in [3.8, 4) is 5.75 Å². The zero-order valence-electron chi connectivity index (χ0n) is 10.8. The summed E-state index contributed by atoms with van der Waals surface area (Å²) in [5.74, 6) is 1.24. The van der Waals surface area contributed by atoms with Gasteiger partial charge in [0.25, 0.3) is 5.91 Å². The van der Waals surface area contributed by atoms with Gasteiger partial charge in [0.05, 0.1) is 12.3 Å². The van der Waals surface area contributed by atoms with E-state index in [0.29, 0.717) is 18.2 Å². The van der Waals surface area contributed by atoms with E-state index in [4.69, 9.17) is 9.84 Å². The second-order valence-electron chi connectivity index (χ2n) is 4.98. The van der Waals surface area contributed by atoms with Crippen molar-refractivity contribution in [2.24, 2.45) is 5.92 Å². The van der Waals surface area contributed by atoms with Gasteiger partial charge in [0.1, 0.15) is 5.75 Å². The molecule has 4 nitrogen and oxygen atoms in total. The fourth-order valence-corrected chi connectivity index (χ4v) is 1.98. The van der Waals surface area contributed by atoms with Crippen molar-refractivity contribution in [1.82, 2.24) is 0 Å². The minimum absolute atomic E-state index is 0.0000940. The summed E-state index contributed by atoms with van der Waals surface area (Å²) < 4.78 is 5.41. The molecule has 1 aliphatic heterocycles. The fourth-order valence-electron chi connectivity index (χ4n) is 1.98. The first kappa shape index (κ1) is 12.9. The zero-order chi connectivity index (χ0) is 13.1. The average molecular weight is 249 g/mol. The van der Waals surface area contributed by atoms with Crippen molar-refractivity contribution in [3.05, 3.63) is 23.8 Å². The Balaban J connectivity index is 2.24. The van der Waals surface area contributed by atoms with Crippen LogP contribution in [0.2, 0.25) is 0 Å². The number of anilines is 1. The second kappa shape index (κ2) is 5.40. The highest BCUT2D eigenvalue weighted by molar-refractivity contribution is 5.97. The van der Waals surface area contributed by atoms with Crippen LogP contribution in [-0.2, 0) is 11.4 Å². The lowest BCUT2D eigenvalue weighted by Crippen LogP contribution is -2.39. The summed E-state index contributed by atoms with van der Waals surface area (Å²) in [5, 5.41) is 9.10. The summed E-state index contributed by atoms with van der Waals surface area (Å²) >= 11 is 0. The molecule has 0 aromatic heterocycles. The Kier molecular flexibility index (Phi) is 3.87. The van der Waals surface area contributed by atoms with Crippen LogP contribution in [0.5, 0.6) is 5.75 Å². The number of hydrogen-bond donors (Lipinski definition) is 1. The van der Waals surface area contributed by atoms with Crippen molar-refractivity contribution in [2.45, 2.75) is 26.9 Å². The van der Waals surface area contributed by atoms with Gasteiger partial charge in [-0.2, -0.15) is 0 Å². The SMILES string of the molecule is CC(C)CCN1C(=O)COc2cc(CO)ccc21. The quantitative estimate of drug-likeness (QED) is 0.887. The number of carbonyl (C=O) groups is 1. The molecule has 0 saturated heterocycles. The predicted molar refractivity (Wildman–Crippen MR) is 69.7 cm³/mol. The molecule has 0 fully saturated rings. The minimum atomic E-state index is -0.0173. The first-order valence-electron chi connectivity index (χ1n) is 6.28. The van der Waals surface area contributed by atoms with Gasteiger partial charge >= 0.3 is 0 Å². The molecule has 0 saturated carbocycles. The van der Waals surface area contributed by atoms with Gasteiger partial charge in [-0.15, -0.1) is 0 Å². The van der Waals surface area contributed by atoms with Crippen LogP contribution in [-0.4, -0.2) is 24.2 Å². The maximum atomic E-state index is 11.9. The number of hydrogen-bond acceptors (Lipinski definition) is 3. The lowest BCUT2D eigenvalue weighted by Gasteiger charge is -2.30. The van der Waals surface area contributed by atoms with E-state index < -0.39 is 0 Å². The highest BCUT2D eigenvalue weighted by Crippen LogP contribution is 2.33. The number of amides is 1. The van der Waals surface area contributed by atoms with Crippen LogP contribution in [0.4, 0.5) is 5.69 Å². The maximum Gasteiger partial charge on any atom is 0.265 e. The molecule has 1 N–H and O–H groups in total. The fraction of sp³-hybridized carbons (Fsp3) is 0.500. The molecule has 0 unspecified atom stereocenters. The third-order valence-corrected chi connectivity index (χ3v) is 3.08. The topological polar surface area (TPSA) is 49.8 Å². The van der Waals surface area contributed by atoms with E-state index in [9.17, 15) is 4.79 Å². The van der Waals surface area contributed by atoms with Crippen LogP contribution >= 0.6 is 0 Å². The van der Waals surface area contributed by atoms with Crippen LogP contribution in [0.15, 0.2) is 18.2 Å². The first-order chi connectivity index (χ1) is 8.61. The van der Waals surface area contributed by atoms with Crippen LogP contribution in [0.3, 0.4) is 0 Å². The maximum absolute atomic E-state index is 11.9. The van der Waals surface area contributed by atoms with Gasteiger partial charge < -0.3 is 14.7 Å². The van der Waals surface area contributed by atoms with Gasteiger partial charge in [0, 0.05) is 6.54 Å². The van der Waals surface area contributed by atoms with Crippen molar-refractivity contribution in [2.75, 3.05) is 18.1 Å². The summed E-state index contributed by atoms with van der Waals surface area (Å²) in [6.07, 6.45) is 0.965. The van der Waals surface area contributed by atoms with Crippen LogP contribution in [0.25, 0.3) is 0 Å². The Morgan fingerprint density at radius 3 is 2.89 bits per heavy atom. The van der Waals surface area contributed by atoms with Crippen LogP contribution in [0.1, 0.15) is 25.8 Å². The van der Waals surface area contributed by atoms with E-state index in [0.717, 1.165) is 17.7 Å². The lowest BCUT2D eigenvalue weighted by molar-refractivity contribution is -0.121. The molecule has 0 aliphatic carbocycles. The number of ether oxygens (including phenoxy) is 1. The smallest absolute Gasteiger partial charge is 0.265 e. The highest BCUT2D eigenvalue weighted by atomic mass is 16.5. The normalized spacial score (nSPS) is 14.7. The Morgan fingerprint density at radius 1 is 1.44 bits per heavy atom. The van der Waals surface area contributed by atoms with Gasteiger partial charge in [-0.1, -0.05) is 19.9 Å². The largest absolute Gasteiger partial charge is 0.482 e. The van der Waals surface area contributed by atoms with Crippen molar-refractivity contribution in [1.29, 1.82) is 0 Å². The van der Waals surface area contributed by atoms with E-state index >= 15 is 0 Å². The second-order valence-corrected chi connectivity index (χ2v) is 4.98. The number of benzene rings is 1. The molecule has 1 aromatic rings. The number of nitrogens with zero attached hydrogens (tertiary/aromatic N) is 1. The molecular weight excluding hydrogens is 230 g/mol. The predicted octanol–water partition coefficient (Wildman–Crippen LogP) is 1.95. The molecule has 0 atom stereocenters. The number of aliphatic hydroxyl groups excluding tert-OH is 1.